The summed E-state index contributed by atoms with van der Waals surface area (Å²) in [5.41, 5.74) is 2.84. The molecule has 1 heterocycles. The fraction of sp³-hybridized carbons (Fsp3) is 0.625. The normalized spacial score (nSPS) is 24.3. The van der Waals surface area contributed by atoms with E-state index in [1.807, 2.05) is 0 Å². The zero-order valence-electron chi connectivity index (χ0n) is 11.9. The van der Waals surface area contributed by atoms with E-state index >= 15 is 0 Å². The first-order chi connectivity index (χ1) is 8.74. The number of rotatable bonds is 4. The van der Waals surface area contributed by atoms with Gasteiger partial charge in [0.05, 0.1) is 0 Å². The van der Waals surface area contributed by atoms with Crippen molar-refractivity contribution >= 4 is 5.69 Å². The van der Waals surface area contributed by atoms with Crippen molar-refractivity contribution in [3.8, 4) is 0 Å². The second-order valence-corrected chi connectivity index (χ2v) is 5.47. The van der Waals surface area contributed by atoms with Crippen LogP contribution in [0.15, 0.2) is 24.3 Å². The van der Waals surface area contributed by atoms with Crippen LogP contribution in [0.2, 0.25) is 0 Å². The SMILES string of the molecule is CCCc1ccc(N2CCC(NC)CC2C)cc1. The highest BCUT2D eigenvalue weighted by molar-refractivity contribution is 5.49. The van der Waals surface area contributed by atoms with Crippen LogP contribution in [0, 0.1) is 0 Å². The average molecular weight is 246 g/mol. The lowest BCUT2D eigenvalue weighted by Crippen LogP contribution is -2.46. The number of aryl methyl sites for hydroxylation is 1. The summed E-state index contributed by atoms with van der Waals surface area (Å²) in [4.78, 5) is 2.55. The summed E-state index contributed by atoms with van der Waals surface area (Å²) in [6, 6.07) is 10.5. The molecule has 1 N–H and O–H groups in total. The Morgan fingerprint density at radius 2 is 2.00 bits per heavy atom. The summed E-state index contributed by atoms with van der Waals surface area (Å²) in [5.74, 6) is 0. The highest BCUT2D eigenvalue weighted by Crippen LogP contribution is 2.25. The third-order valence-corrected chi connectivity index (χ3v) is 4.09. The van der Waals surface area contributed by atoms with E-state index in [1.165, 1.54) is 43.5 Å². The van der Waals surface area contributed by atoms with Crippen LogP contribution in [0.3, 0.4) is 0 Å². The average Bonchev–Trinajstić information content (AvgIpc) is 2.40. The van der Waals surface area contributed by atoms with Gasteiger partial charge in [0.25, 0.3) is 0 Å². The fourth-order valence-corrected chi connectivity index (χ4v) is 2.96. The van der Waals surface area contributed by atoms with Gasteiger partial charge in [-0.3, -0.25) is 0 Å². The molecule has 1 saturated heterocycles. The summed E-state index contributed by atoms with van der Waals surface area (Å²) in [5, 5.41) is 3.41. The molecule has 18 heavy (non-hydrogen) atoms. The standard InChI is InChI=1S/C16H26N2/c1-4-5-14-6-8-16(9-7-14)18-11-10-15(17-3)12-13(18)2/h6-9,13,15,17H,4-5,10-12H2,1-3H3. The molecule has 1 aromatic rings. The van der Waals surface area contributed by atoms with Gasteiger partial charge in [0.15, 0.2) is 0 Å². The van der Waals surface area contributed by atoms with Gasteiger partial charge in [-0.15, -0.1) is 0 Å². The lowest BCUT2D eigenvalue weighted by molar-refractivity contribution is 0.387. The third kappa shape index (κ3) is 3.05. The molecule has 0 amide bonds. The van der Waals surface area contributed by atoms with Gasteiger partial charge in [-0.2, -0.15) is 0 Å². The molecule has 1 fully saturated rings. The molecule has 1 aliphatic rings. The minimum Gasteiger partial charge on any atom is -0.369 e. The maximum atomic E-state index is 3.41. The number of hydrogen-bond acceptors (Lipinski definition) is 2. The van der Waals surface area contributed by atoms with Crippen molar-refractivity contribution in [1.29, 1.82) is 0 Å². The minimum absolute atomic E-state index is 0.633. The molecule has 2 unspecified atom stereocenters. The van der Waals surface area contributed by atoms with E-state index in [4.69, 9.17) is 0 Å². The van der Waals surface area contributed by atoms with Gasteiger partial charge < -0.3 is 10.2 Å². The number of nitrogens with zero attached hydrogens (tertiary/aromatic N) is 1. The molecule has 0 aromatic heterocycles. The fourth-order valence-electron chi connectivity index (χ4n) is 2.96. The molecule has 0 saturated carbocycles. The zero-order valence-corrected chi connectivity index (χ0v) is 11.9. The van der Waals surface area contributed by atoms with E-state index < -0.39 is 0 Å². The van der Waals surface area contributed by atoms with Crippen molar-refractivity contribution in [2.45, 2.75) is 51.6 Å². The number of nitrogens with one attached hydrogen (secondary N) is 1. The molecule has 0 radical (unpaired) electrons. The van der Waals surface area contributed by atoms with Gasteiger partial charge >= 0.3 is 0 Å². The maximum Gasteiger partial charge on any atom is 0.0368 e. The van der Waals surface area contributed by atoms with E-state index in [0.717, 1.165) is 0 Å². The molecule has 0 aliphatic carbocycles. The van der Waals surface area contributed by atoms with Crippen LogP contribution in [0.4, 0.5) is 5.69 Å². The first-order valence-electron chi connectivity index (χ1n) is 7.27. The smallest absolute Gasteiger partial charge is 0.0368 e. The molecule has 2 atom stereocenters. The number of hydrogen-bond donors (Lipinski definition) is 1. The van der Waals surface area contributed by atoms with E-state index in [2.05, 4.69) is 55.4 Å². The molecule has 0 bridgehead atoms. The molecule has 2 nitrogen and oxygen atoms in total. The van der Waals surface area contributed by atoms with Crippen molar-refractivity contribution in [1.82, 2.24) is 5.32 Å². The maximum absolute atomic E-state index is 3.41. The Morgan fingerprint density at radius 1 is 1.28 bits per heavy atom. The Bertz CT molecular complexity index is 358. The van der Waals surface area contributed by atoms with Gasteiger partial charge in [-0.1, -0.05) is 25.5 Å². The van der Waals surface area contributed by atoms with E-state index in [-0.39, 0.29) is 0 Å². The summed E-state index contributed by atoms with van der Waals surface area (Å²) >= 11 is 0. The van der Waals surface area contributed by atoms with Crippen molar-refractivity contribution < 1.29 is 0 Å². The predicted molar refractivity (Wildman–Crippen MR) is 79.3 cm³/mol. The molecule has 2 rings (SSSR count). The first kappa shape index (κ1) is 13.4. The Kier molecular flexibility index (Phi) is 4.65. The van der Waals surface area contributed by atoms with Crippen LogP contribution in [-0.4, -0.2) is 25.7 Å². The zero-order chi connectivity index (χ0) is 13.0. The van der Waals surface area contributed by atoms with Crippen molar-refractivity contribution in [3.05, 3.63) is 29.8 Å². The van der Waals surface area contributed by atoms with E-state index in [1.54, 1.807) is 0 Å². The van der Waals surface area contributed by atoms with E-state index in [0.29, 0.717) is 12.1 Å². The van der Waals surface area contributed by atoms with Crippen LogP contribution < -0.4 is 10.2 Å². The number of anilines is 1. The Balaban J connectivity index is 2.03. The third-order valence-electron chi connectivity index (χ3n) is 4.09. The highest BCUT2D eigenvalue weighted by Gasteiger charge is 2.24. The van der Waals surface area contributed by atoms with Gasteiger partial charge in [0, 0.05) is 24.3 Å². The molecule has 1 aliphatic heterocycles. The molecule has 2 heteroatoms. The minimum atomic E-state index is 0.633. The first-order valence-corrected chi connectivity index (χ1v) is 7.27. The second-order valence-electron chi connectivity index (χ2n) is 5.47. The van der Waals surface area contributed by atoms with Crippen LogP contribution in [-0.2, 0) is 6.42 Å². The van der Waals surface area contributed by atoms with Crippen LogP contribution in [0.25, 0.3) is 0 Å². The van der Waals surface area contributed by atoms with E-state index in [9.17, 15) is 0 Å². The van der Waals surface area contributed by atoms with Crippen LogP contribution in [0.5, 0.6) is 0 Å². The summed E-state index contributed by atoms with van der Waals surface area (Å²) in [6.45, 7) is 5.74. The van der Waals surface area contributed by atoms with Crippen molar-refractivity contribution in [3.63, 3.8) is 0 Å². The molecule has 100 valence electrons. The Hall–Kier alpha value is -1.02. The van der Waals surface area contributed by atoms with Gasteiger partial charge in [-0.25, -0.2) is 0 Å². The number of benzene rings is 1. The summed E-state index contributed by atoms with van der Waals surface area (Å²) in [7, 11) is 2.08. The van der Waals surface area contributed by atoms with Crippen LogP contribution in [0.1, 0.15) is 38.7 Å². The second kappa shape index (κ2) is 6.24. The molecule has 1 aromatic carbocycles. The summed E-state index contributed by atoms with van der Waals surface area (Å²) < 4.78 is 0. The molecule has 0 spiro atoms. The largest absolute Gasteiger partial charge is 0.369 e. The highest BCUT2D eigenvalue weighted by atomic mass is 15.2. The quantitative estimate of drug-likeness (QED) is 0.877. The summed E-state index contributed by atoms with van der Waals surface area (Å²) in [6.07, 6.45) is 4.91. The van der Waals surface area contributed by atoms with Gasteiger partial charge in [0.2, 0.25) is 0 Å². The van der Waals surface area contributed by atoms with Gasteiger partial charge in [0.1, 0.15) is 0 Å². The molecular formula is C16H26N2. The monoisotopic (exact) mass is 246 g/mol. The topological polar surface area (TPSA) is 15.3 Å². The number of piperidine rings is 1. The lowest BCUT2D eigenvalue weighted by atomic mass is 9.97. The van der Waals surface area contributed by atoms with Crippen molar-refractivity contribution in [2.24, 2.45) is 0 Å². The Morgan fingerprint density at radius 3 is 2.56 bits per heavy atom. The molecular weight excluding hydrogens is 220 g/mol. The Labute approximate surface area is 111 Å². The predicted octanol–water partition coefficient (Wildman–Crippen LogP) is 3.22. The van der Waals surface area contributed by atoms with Crippen LogP contribution >= 0.6 is 0 Å². The van der Waals surface area contributed by atoms with Gasteiger partial charge in [-0.05, 0) is 50.9 Å². The lowest BCUT2D eigenvalue weighted by Gasteiger charge is -2.39. The van der Waals surface area contributed by atoms with Crippen molar-refractivity contribution in [2.75, 3.05) is 18.5 Å².